The average Bonchev–Trinajstić information content (AvgIpc) is 2.65. The van der Waals surface area contributed by atoms with Gasteiger partial charge in [-0.15, -0.1) is 0 Å². The van der Waals surface area contributed by atoms with Crippen LogP contribution in [0.5, 0.6) is 5.75 Å². The topological polar surface area (TPSA) is 71.7 Å². The molecule has 0 bridgehead atoms. The van der Waals surface area contributed by atoms with Gasteiger partial charge in [0, 0.05) is 29.7 Å². The molecule has 0 aliphatic rings. The summed E-state index contributed by atoms with van der Waals surface area (Å²) < 4.78 is 6.57. The van der Waals surface area contributed by atoms with Crippen LogP contribution < -0.4 is 0 Å². The molecule has 18 heavy (non-hydrogen) atoms. The van der Waals surface area contributed by atoms with E-state index in [9.17, 15) is 15.0 Å². The predicted molar refractivity (Wildman–Crippen MR) is 66.2 cm³/mol. The van der Waals surface area contributed by atoms with Crippen molar-refractivity contribution in [1.29, 1.82) is 0 Å². The molecule has 1 heterocycles. The third-order valence-electron chi connectivity index (χ3n) is 2.81. The second kappa shape index (κ2) is 4.70. The van der Waals surface area contributed by atoms with Crippen molar-refractivity contribution >= 4 is 16.9 Å². The number of phenolic OH excluding ortho intramolecular Hbond substituents is 1. The first-order valence-electron chi connectivity index (χ1n) is 5.67. The molecule has 1 unspecified atom stereocenters. The minimum absolute atomic E-state index is 0.0889. The van der Waals surface area contributed by atoms with Crippen molar-refractivity contribution in [2.75, 3.05) is 6.61 Å². The van der Waals surface area contributed by atoms with E-state index in [4.69, 9.17) is 4.74 Å². The third-order valence-corrected chi connectivity index (χ3v) is 2.81. The standard InChI is InChI=1S/C13H15NO4/c1-3-18-13(17)12(16)10-7-14(2)11-5-4-8(15)6-9(10)11/h4-7,12,15-16H,3H2,1-2H3. The molecule has 0 saturated heterocycles. The Kier molecular flexibility index (Phi) is 3.25. The highest BCUT2D eigenvalue weighted by Crippen LogP contribution is 2.29. The molecule has 0 spiro atoms. The van der Waals surface area contributed by atoms with Crippen molar-refractivity contribution in [2.45, 2.75) is 13.0 Å². The Bertz CT molecular complexity index is 588. The smallest absolute Gasteiger partial charge is 0.339 e. The number of carbonyl (C=O) groups excluding carboxylic acids is 1. The first-order valence-corrected chi connectivity index (χ1v) is 5.67. The Morgan fingerprint density at radius 1 is 1.50 bits per heavy atom. The fourth-order valence-corrected chi connectivity index (χ4v) is 1.98. The van der Waals surface area contributed by atoms with E-state index in [1.165, 1.54) is 6.07 Å². The summed E-state index contributed by atoms with van der Waals surface area (Å²) in [7, 11) is 1.81. The quantitative estimate of drug-likeness (QED) is 0.808. The highest BCUT2D eigenvalue weighted by molar-refractivity contribution is 5.90. The van der Waals surface area contributed by atoms with E-state index < -0.39 is 12.1 Å². The van der Waals surface area contributed by atoms with Crippen LogP contribution in [0.15, 0.2) is 24.4 Å². The van der Waals surface area contributed by atoms with Gasteiger partial charge in [-0.3, -0.25) is 0 Å². The molecule has 1 aromatic carbocycles. The molecule has 0 fully saturated rings. The Morgan fingerprint density at radius 3 is 2.89 bits per heavy atom. The van der Waals surface area contributed by atoms with E-state index in [1.807, 2.05) is 0 Å². The summed E-state index contributed by atoms with van der Waals surface area (Å²) in [6.07, 6.45) is 0.321. The summed E-state index contributed by atoms with van der Waals surface area (Å²) in [5.74, 6) is -0.598. The van der Waals surface area contributed by atoms with Crippen molar-refractivity contribution in [2.24, 2.45) is 7.05 Å². The largest absolute Gasteiger partial charge is 0.508 e. The fourth-order valence-electron chi connectivity index (χ4n) is 1.98. The van der Waals surface area contributed by atoms with Crippen LogP contribution in [0, 0.1) is 0 Å². The van der Waals surface area contributed by atoms with Crippen LogP contribution in [0.25, 0.3) is 10.9 Å². The SMILES string of the molecule is CCOC(=O)C(O)c1cn(C)c2ccc(O)cc12. The summed E-state index contributed by atoms with van der Waals surface area (Å²) in [6, 6.07) is 4.81. The molecule has 0 saturated carbocycles. The van der Waals surface area contributed by atoms with Crippen molar-refractivity contribution in [3.8, 4) is 5.75 Å². The van der Waals surface area contributed by atoms with Gasteiger partial charge < -0.3 is 19.5 Å². The highest BCUT2D eigenvalue weighted by Gasteiger charge is 2.23. The molecule has 5 nitrogen and oxygen atoms in total. The predicted octanol–water partition coefficient (Wildman–Crippen LogP) is 1.48. The first-order chi connectivity index (χ1) is 8.54. The third kappa shape index (κ3) is 2.04. The molecule has 0 aliphatic carbocycles. The van der Waals surface area contributed by atoms with Gasteiger partial charge >= 0.3 is 5.97 Å². The number of aliphatic hydroxyl groups excluding tert-OH is 1. The number of carbonyl (C=O) groups is 1. The number of fused-ring (bicyclic) bond motifs is 1. The Morgan fingerprint density at radius 2 is 2.22 bits per heavy atom. The summed E-state index contributed by atoms with van der Waals surface area (Å²) in [5.41, 5.74) is 1.26. The number of nitrogens with zero attached hydrogens (tertiary/aromatic N) is 1. The molecule has 2 aromatic rings. The number of aromatic nitrogens is 1. The molecule has 0 amide bonds. The minimum atomic E-state index is -1.34. The molecule has 0 radical (unpaired) electrons. The van der Waals surface area contributed by atoms with Crippen LogP contribution in [-0.2, 0) is 16.6 Å². The molecule has 96 valence electrons. The zero-order valence-electron chi connectivity index (χ0n) is 10.3. The number of phenols is 1. The molecule has 2 N–H and O–H groups in total. The second-order valence-corrected chi connectivity index (χ2v) is 4.05. The van der Waals surface area contributed by atoms with Crippen LogP contribution in [0.3, 0.4) is 0 Å². The lowest BCUT2D eigenvalue weighted by molar-refractivity contribution is -0.153. The van der Waals surface area contributed by atoms with Gasteiger partial charge in [-0.25, -0.2) is 4.79 Å². The number of rotatable bonds is 3. The Balaban J connectivity index is 2.50. The van der Waals surface area contributed by atoms with Crippen LogP contribution in [-0.4, -0.2) is 27.4 Å². The van der Waals surface area contributed by atoms with Crippen LogP contribution >= 0.6 is 0 Å². The van der Waals surface area contributed by atoms with Gasteiger partial charge in [-0.1, -0.05) is 0 Å². The molecule has 1 atom stereocenters. The Labute approximate surface area is 104 Å². The summed E-state index contributed by atoms with van der Waals surface area (Å²) in [4.78, 5) is 11.5. The van der Waals surface area contributed by atoms with Gasteiger partial charge in [0.05, 0.1) is 6.61 Å². The van der Waals surface area contributed by atoms with Gasteiger partial charge in [0.25, 0.3) is 0 Å². The zero-order chi connectivity index (χ0) is 13.3. The maximum atomic E-state index is 11.5. The number of aryl methyl sites for hydroxylation is 1. The number of aromatic hydroxyl groups is 1. The normalized spacial score (nSPS) is 12.6. The lowest BCUT2D eigenvalue weighted by Gasteiger charge is -2.08. The second-order valence-electron chi connectivity index (χ2n) is 4.05. The number of esters is 1. The van der Waals surface area contributed by atoms with E-state index in [0.717, 1.165) is 5.52 Å². The van der Waals surface area contributed by atoms with Gasteiger partial charge in [0.2, 0.25) is 0 Å². The minimum Gasteiger partial charge on any atom is -0.508 e. The molecule has 5 heteroatoms. The number of ether oxygens (including phenoxy) is 1. The number of hydrogen-bond acceptors (Lipinski definition) is 4. The van der Waals surface area contributed by atoms with Crippen molar-refractivity contribution in [3.05, 3.63) is 30.0 Å². The van der Waals surface area contributed by atoms with Crippen LogP contribution in [0.1, 0.15) is 18.6 Å². The zero-order valence-corrected chi connectivity index (χ0v) is 10.3. The van der Waals surface area contributed by atoms with Crippen molar-refractivity contribution < 1.29 is 19.7 Å². The monoisotopic (exact) mass is 249 g/mol. The van der Waals surface area contributed by atoms with E-state index in [2.05, 4.69) is 0 Å². The summed E-state index contributed by atoms with van der Waals surface area (Å²) in [6.45, 7) is 1.89. The molecule has 2 rings (SSSR count). The molecular formula is C13H15NO4. The number of aliphatic hydroxyl groups is 1. The maximum absolute atomic E-state index is 11.5. The van der Waals surface area contributed by atoms with Gasteiger partial charge in [0.1, 0.15) is 5.75 Å². The lowest BCUT2D eigenvalue weighted by atomic mass is 10.1. The maximum Gasteiger partial charge on any atom is 0.339 e. The highest BCUT2D eigenvalue weighted by atomic mass is 16.5. The van der Waals surface area contributed by atoms with Crippen molar-refractivity contribution in [1.82, 2.24) is 4.57 Å². The number of benzene rings is 1. The average molecular weight is 249 g/mol. The first kappa shape index (κ1) is 12.4. The van der Waals surface area contributed by atoms with E-state index >= 15 is 0 Å². The lowest BCUT2D eigenvalue weighted by Crippen LogP contribution is -2.15. The van der Waals surface area contributed by atoms with Gasteiger partial charge in [-0.2, -0.15) is 0 Å². The molecular weight excluding hydrogens is 234 g/mol. The van der Waals surface area contributed by atoms with Crippen LogP contribution in [0.4, 0.5) is 0 Å². The number of hydrogen-bond donors (Lipinski definition) is 2. The molecule has 0 aliphatic heterocycles. The van der Waals surface area contributed by atoms with Gasteiger partial charge in [-0.05, 0) is 25.1 Å². The van der Waals surface area contributed by atoms with E-state index in [0.29, 0.717) is 10.9 Å². The Hall–Kier alpha value is -2.01. The van der Waals surface area contributed by atoms with Crippen molar-refractivity contribution in [3.63, 3.8) is 0 Å². The molecule has 1 aromatic heterocycles. The van der Waals surface area contributed by atoms with Crippen LogP contribution in [0.2, 0.25) is 0 Å². The fraction of sp³-hybridized carbons (Fsp3) is 0.308. The van der Waals surface area contributed by atoms with E-state index in [-0.39, 0.29) is 12.4 Å². The summed E-state index contributed by atoms with van der Waals surface area (Å²) in [5, 5.41) is 20.1. The van der Waals surface area contributed by atoms with Gasteiger partial charge in [0.15, 0.2) is 6.10 Å². The van der Waals surface area contributed by atoms with E-state index in [1.54, 1.807) is 36.9 Å². The summed E-state index contributed by atoms with van der Waals surface area (Å²) >= 11 is 0.